The van der Waals surface area contributed by atoms with E-state index in [0.29, 0.717) is 12.0 Å². The van der Waals surface area contributed by atoms with E-state index in [1.54, 1.807) is 0 Å². The van der Waals surface area contributed by atoms with Gasteiger partial charge in [0.2, 0.25) is 5.95 Å². The topological polar surface area (TPSA) is 67.5 Å². The molecule has 1 aliphatic rings. The van der Waals surface area contributed by atoms with Gasteiger partial charge in [-0.3, -0.25) is 4.90 Å². The Balaban J connectivity index is 1.99. The zero-order chi connectivity index (χ0) is 15.2. The summed E-state index contributed by atoms with van der Waals surface area (Å²) in [6.45, 7) is 11.8. The molecule has 2 N–H and O–H groups in total. The molecule has 0 bridgehead atoms. The Labute approximate surface area is 127 Å². The maximum atomic E-state index is 5.77. The maximum Gasteiger partial charge on any atom is 0.222 e. The van der Waals surface area contributed by atoms with Gasteiger partial charge in [-0.2, -0.15) is 4.98 Å². The highest BCUT2D eigenvalue weighted by Gasteiger charge is 2.26. The highest BCUT2D eigenvalue weighted by Crippen LogP contribution is 2.20. The van der Waals surface area contributed by atoms with Crippen LogP contribution in [-0.2, 0) is 4.74 Å². The second-order valence-electron chi connectivity index (χ2n) is 5.47. The number of hydrogen-bond acceptors (Lipinski definition) is 6. The third kappa shape index (κ3) is 4.28. The summed E-state index contributed by atoms with van der Waals surface area (Å²) in [4.78, 5) is 13.4. The molecule has 1 fully saturated rings. The SMILES string of the molecule is CCOCCN1CCN(c2cc(C)nc(N)n2)CC1CC. The number of nitrogen functional groups attached to an aromatic ring is 1. The molecule has 0 aliphatic carbocycles. The molecular weight excluding hydrogens is 266 g/mol. The lowest BCUT2D eigenvalue weighted by atomic mass is 10.1. The molecule has 0 amide bonds. The molecule has 0 spiro atoms. The van der Waals surface area contributed by atoms with Gasteiger partial charge in [0.05, 0.1) is 6.61 Å². The van der Waals surface area contributed by atoms with E-state index in [4.69, 9.17) is 10.5 Å². The molecular formula is C15H27N5O. The summed E-state index contributed by atoms with van der Waals surface area (Å²) < 4.78 is 5.48. The van der Waals surface area contributed by atoms with Crippen LogP contribution < -0.4 is 10.6 Å². The average Bonchev–Trinajstić information content (AvgIpc) is 2.46. The Kier molecular flexibility index (Phi) is 5.76. The smallest absolute Gasteiger partial charge is 0.222 e. The van der Waals surface area contributed by atoms with Crippen molar-refractivity contribution in [3.63, 3.8) is 0 Å². The van der Waals surface area contributed by atoms with Crippen molar-refractivity contribution in [2.45, 2.75) is 33.2 Å². The van der Waals surface area contributed by atoms with Crippen LogP contribution >= 0.6 is 0 Å². The summed E-state index contributed by atoms with van der Waals surface area (Å²) in [5.41, 5.74) is 6.69. The number of anilines is 2. The van der Waals surface area contributed by atoms with Crippen LogP contribution in [0.15, 0.2) is 6.07 Å². The minimum absolute atomic E-state index is 0.358. The van der Waals surface area contributed by atoms with Crippen LogP contribution in [-0.4, -0.2) is 60.3 Å². The van der Waals surface area contributed by atoms with Crippen molar-refractivity contribution in [1.82, 2.24) is 14.9 Å². The predicted molar refractivity (Wildman–Crippen MR) is 85.5 cm³/mol. The highest BCUT2D eigenvalue weighted by molar-refractivity contribution is 5.44. The first-order chi connectivity index (χ1) is 10.1. The van der Waals surface area contributed by atoms with Gasteiger partial charge in [0, 0.05) is 50.6 Å². The molecule has 6 nitrogen and oxygen atoms in total. The van der Waals surface area contributed by atoms with Crippen LogP contribution in [0.4, 0.5) is 11.8 Å². The second-order valence-corrected chi connectivity index (χ2v) is 5.47. The minimum atomic E-state index is 0.358. The average molecular weight is 293 g/mol. The third-order valence-corrected chi connectivity index (χ3v) is 3.98. The Morgan fingerprint density at radius 2 is 2.14 bits per heavy atom. The second kappa shape index (κ2) is 7.56. The Bertz CT molecular complexity index is 433. The van der Waals surface area contributed by atoms with Gasteiger partial charge in [-0.1, -0.05) is 6.92 Å². The first kappa shape index (κ1) is 16.0. The fraction of sp³-hybridized carbons (Fsp3) is 0.733. The minimum Gasteiger partial charge on any atom is -0.380 e. The standard InChI is InChI=1S/C15H27N5O/c1-4-13-11-20(7-6-19(13)8-9-21-5-2)14-10-12(3)17-15(16)18-14/h10,13H,4-9,11H2,1-3H3,(H2,16,17,18). The van der Waals surface area contributed by atoms with E-state index in [2.05, 4.69) is 26.7 Å². The Morgan fingerprint density at radius 1 is 1.33 bits per heavy atom. The van der Waals surface area contributed by atoms with Crippen molar-refractivity contribution in [1.29, 1.82) is 0 Å². The van der Waals surface area contributed by atoms with Gasteiger partial charge in [0.25, 0.3) is 0 Å². The van der Waals surface area contributed by atoms with Gasteiger partial charge in [0.1, 0.15) is 5.82 Å². The number of nitrogens with two attached hydrogens (primary N) is 1. The van der Waals surface area contributed by atoms with Gasteiger partial charge < -0.3 is 15.4 Å². The predicted octanol–water partition coefficient (Wildman–Crippen LogP) is 1.30. The lowest BCUT2D eigenvalue weighted by Crippen LogP contribution is -2.54. The Morgan fingerprint density at radius 3 is 2.81 bits per heavy atom. The summed E-state index contributed by atoms with van der Waals surface area (Å²) in [5.74, 6) is 1.31. The first-order valence-corrected chi connectivity index (χ1v) is 7.82. The van der Waals surface area contributed by atoms with E-state index in [-0.39, 0.29) is 0 Å². The van der Waals surface area contributed by atoms with Crippen LogP contribution in [0.5, 0.6) is 0 Å². The zero-order valence-electron chi connectivity index (χ0n) is 13.4. The molecule has 6 heteroatoms. The van der Waals surface area contributed by atoms with Crippen LogP contribution in [0.25, 0.3) is 0 Å². The molecule has 2 heterocycles. The number of rotatable bonds is 6. The van der Waals surface area contributed by atoms with Crippen LogP contribution in [0, 0.1) is 6.92 Å². The van der Waals surface area contributed by atoms with Crippen LogP contribution in [0.1, 0.15) is 26.0 Å². The molecule has 0 saturated carbocycles. The molecule has 21 heavy (non-hydrogen) atoms. The van der Waals surface area contributed by atoms with E-state index in [1.165, 1.54) is 0 Å². The summed E-state index contributed by atoms with van der Waals surface area (Å²) >= 11 is 0. The zero-order valence-corrected chi connectivity index (χ0v) is 13.4. The van der Waals surface area contributed by atoms with Crippen LogP contribution in [0.3, 0.4) is 0 Å². The van der Waals surface area contributed by atoms with Crippen molar-refractivity contribution >= 4 is 11.8 Å². The fourth-order valence-electron chi connectivity index (χ4n) is 2.85. The van der Waals surface area contributed by atoms with Crippen molar-refractivity contribution in [3.05, 3.63) is 11.8 Å². The molecule has 2 rings (SSSR count). The largest absolute Gasteiger partial charge is 0.380 e. The summed E-state index contributed by atoms with van der Waals surface area (Å²) in [6, 6.07) is 2.55. The molecule has 1 aromatic heterocycles. The molecule has 0 aromatic carbocycles. The summed E-state index contributed by atoms with van der Waals surface area (Å²) in [6.07, 6.45) is 1.13. The quantitative estimate of drug-likeness (QED) is 0.798. The van der Waals surface area contributed by atoms with E-state index in [0.717, 1.165) is 57.3 Å². The molecule has 1 aromatic rings. The lowest BCUT2D eigenvalue weighted by molar-refractivity contribution is 0.0869. The number of piperazine rings is 1. The molecule has 0 radical (unpaired) electrons. The molecule has 1 aliphatic heterocycles. The Hall–Kier alpha value is -1.40. The summed E-state index contributed by atoms with van der Waals surface area (Å²) in [7, 11) is 0. The summed E-state index contributed by atoms with van der Waals surface area (Å²) in [5, 5.41) is 0. The van der Waals surface area contributed by atoms with E-state index < -0.39 is 0 Å². The number of nitrogens with zero attached hydrogens (tertiary/aromatic N) is 4. The van der Waals surface area contributed by atoms with E-state index in [1.807, 2.05) is 19.9 Å². The molecule has 1 unspecified atom stereocenters. The monoisotopic (exact) mass is 293 g/mol. The van der Waals surface area contributed by atoms with E-state index >= 15 is 0 Å². The maximum absolute atomic E-state index is 5.77. The molecule has 1 atom stereocenters. The normalized spacial score (nSPS) is 20.0. The van der Waals surface area contributed by atoms with Gasteiger partial charge in [-0.15, -0.1) is 0 Å². The van der Waals surface area contributed by atoms with Crippen molar-refractivity contribution in [2.75, 3.05) is 50.0 Å². The fourth-order valence-corrected chi connectivity index (χ4v) is 2.85. The van der Waals surface area contributed by atoms with Gasteiger partial charge in [0.15, 0.2) is 0 Å². The number of aromatic nitrogens is 2. The van der Waals surface area contributed by atoms with Crippen LogP contribution in [0.2, 0.25) is 0 Å². The van der Waals surface area contributed by atoms with Crippen molar-refractivity contribution in [3.8, 4) is 0 Å². The van der Waals surface area contributed by atoms with E-state index in [9.17, 15) is 0 Å². The third-order valence-electron chi connectivity index (χ3n) is 3.98. The number of hydrogen-bond donors (Lipinski definition) is 1. The van der Waals surface area contributed by atoms with Crippen molar-refractivity contribution in [2.24, 2.45) is 0 Å². The molecule has 118 valence electrons. The number of ether oxygens (including phenoxy) is 1. The first-order valence-electron chi connectivity index (χ1n) is 7.82. The van der Waals surface area contributed by atoms with Gasteiger partial charge in [-0.05, 0) is 20.3 Å². The molecule has 1 saturated heterocycles. The highest BCUT2D eigenvalue weighted by atomic mass is 16.5. The van der Waals surface area contributed by atoms with Gasteiger partial charge in [-0.25, -0.2) is 4.98 Å². The lowest BCUT2D eigenvalue weighted by Gasteiger charge is -2.41. The number of aryl methyl sites for hydroxylation is 1. The van der Waals surface area contributed by atoms with Gasteiger partial charge >= 0.3 is 0 Å². The van der Waals surface area contributed by atoms with Crippen molar-refractivity contribution < 1.29 is 4.74 Å².